The van der Waals surface area contributed by atoms with E-state index in [1.54, 1.807) is 69.2 Å². The van der Waals surface area contributed by atoms with Gasteiger partial charge in [0, 0.05) is 37.6 Å². The van der Waals surface area contributed by atoms with Gasteiger partial charge in [-0.25, -0.2) is 14.2 Å². The van der Waals surface area contributed by atoms with Gasteiger partial charge in [-0.2, -0.15) is 5.10 Å². The number of halogens is 1. The minimum atomic E-state index is -1.08. The number of amides is 4. The van der Waals surface area contributed by atoms with Crippen molar-refractivity contribution in [2.45, 2.75) is 45.7 Å². The number of likely N-dealkylation sites (tertiary alicyclic amines) is 1. The molecule has 1 fully saturated rings. The van der Waals surface area contributed by atoms with Crippen LogP contribution in [0, 0.1) is 25.6 Å². The van der Waals surface area contributed by atoms with Crippen LogP contribution in [0.5, 0.6) is 0 Å². The Morgan fingerprint density at radius 3 is 2.58 bits per heavy atom. The van der Waals surface area contributed by atoms with Gasteiger partial charge < -0.3 is 11.1 Å². The van der Waals surface area contributed by atoms with E-state index in [1.807, 2.05) is 6.92 Å². The minimum Gasteiger partial charge on any atom is -0.384 e. The number of carbonyl (C=O) groups is 3. The number of pyridine rings is 1. The summed E-state index contributed by atoms with van der Waals surface area (Å²) >= 11 is 0. The van der Waals surface area contributed by atoms with E-state index in [4.69, 9.17) is 5.73 Å². The highest BCUT2D eigenvalue weighted by molar-refractivity contribution is 6.12. The molecule has 4 rings (SSSR count). The van der Waals surface area contributed by atoms with Crippen molar-refractivity contribution in [1.29, 1.82) is 0 Å². The largest absolute Gasteiger partial charge is 0.384 e. The molecule has 0 aliphatic carbocycles. The van der Waals surface area contributed by atoms with Crippen molar-refractivity contribution in [3.05, 3.63) is 70.8 Å². The molecule has 3 atom stereocenters. The van der Waals surface area contributed by atoms with E-state index in [9.17, 15) is 18.8 Å². The molecule has 4 amide bonds. The summed E-state index contributed by atoms with van der Waals surface area (Å²) in [6.45, 7) is 5.42. The summed E-state index contributed by atoms with van der Waals surface area (Å²) in [6, 6.07) is 7.26. The molecule has 11 heteroatoms. The monoisotopic (exact) mass is 521 g/mol. The van der Waals surface area contributed by atoms with E-state index in [2.05, 4.69) is 15.4 Å². The van der Waals surface area contributed by atoms with Crippen molar-refractivity contribution < 1.29 is 18.8 Å². The molecule has 1 aliphatic rings. The van der Waals surface area contributed by atoms with E-state index in [-0.39, 0.29) is 6.42 Å². The second-order valence-electron chi connectivity index (χ2n) is 9.69. The van der Waals surface area contributed by atoms with Gasteiger partial charge in [-0.05, 0) is 50.5 Å². The number of rotatable bonds is 7. The third-order valence-corrected chi connectivity index (χ3v) is 6.78. The van der Waals surface area contributed by atoms with Gasteiger partial charge in [0.05, 0.1) is 12.0 Å². The third-order valence-electron chi connectivity index (χ3n) is 6.78. The average molecular weight is 522 g/mol. The zero-order chi connectivity index (χ0) is 27.7. The van der Waals surface area contributed by atoms with Crippen molar-refractivity contribution in [2.24, 2.45) is 13.0 Å². The van der Waals surface area contributed by atoms with E-state index in [1.165, 1.54) is 11.0 Å². The topological polar surface area (TPSA) is 126 Å². The molecule has 0 bridgehead atoms. The van der Waals surface area contributed by atoms with Crippen LogP contribution in [-0.4, -0.2) is 50.6 Å². The molecule has 1 aromatic carbocycles. The normalized spacial score (nSPS) is 17.6. The highest BCUT2D eigenvalue weighted by atomic mass is 19.1. The second-order valence-corrected chi connectivity index (χ2v) is 9.69. The average Bonchev–Trinajstić information content (AvgIpc) is 3.30. The maximum Gasteiger partial charge on any atom is 0.325 e. The third kappa shape index (κ3) is 5.22. The maximum atomic E-state index is 14.6. The van der Waals surface area contributed by atoms with Crippen molar-refractivity contribution in [2.75, 3.05) is 17.7 Å². The number of hydrogen-bond donors (Lipinski definition) is 2. The van der Waals surface area contributed by atoms with Crippen LogP contribution in [0.3, 0.4) is 0 Å². The Balaban J connectivity index is 1.63. The lowest BCUT2D eigenvalue weighted by Crippen LogP contribution is -2.70. The Bertz CT molecular complexity index is 1370. The Morgan fingerprint density at radius 1 is 1.21 bits per heavy atom. The van der Waals surface area contributed by atoms with Crippen LogP contribution in [0.2, 0.25) is 0 Å². The Labute approximate surface area is 220 Å². The summed E-state index contributed by atoms with van der Waals surface area (Å²) in [7, 11) is 3.27. The molecule has 0 radical (unpaired) electrons. The zero-order valence-corrected chi connectivity index (χ0v) is 22.1. The van der Waals surface area contributed by atoms with Gasteiger partial charge in [0.1, 0.15) is 17.7 Å². The number of carbonyl (C=O) groups excluding carboxylic acids is 3. The van der Waals surface area contributed by atoms with Crippen molar-refractivity contribution in [3.63, 3.8) is 0 Å². The molecule has 3 N–H and O–H groups in total. The molecule has 2 aromatic heterocycles. The van der Waals surface area contributed by atoms with Crippen molar-refractivity contribution >= 4 is 29.5 Å². The van der Waals surface area contributed by atoms with E-state index in [0.717, 1.165) is 16.0 Å². The molecule has 10 nitrogen and oxygen atoms in total. The van der Waals surface area contributed by atoms with Gasteiger partial charge in [-0.3, -0.25) is 24.1 Å². The summed E-state index contributed by atoms with van der Waals surface area (Å²) in [5.74, 6) is -1.52. The number of likely N-dealkylation sites (N-methyl/N-ethyl adjacent to an activating group) is 1. The summed E-state index contributed by atoms with van der Waals surface area (Å²) in [5.41, 5.74) is 8.46. The standard InChI is InChI=1S/C27H32FN7O3/c1-6-21(18-11-15(2)7-8-20(18)28)31-27(38)35-24(26(37)34(5)23-9-10-33(4)32-23)19(25(35)36)13-17-12-16(3)30-22(29)14-17/h7-12,14,19,21,24H,6,13H2,1-5H3,(H2,29,30)(H,31,38)/t19-,21-,24+/m1/s1. The molecule has 3 aromatic rings. The number of anilines is 2. The first kappa shape index (κ1) is 26.8. The van der Waals surface area contributed by atoms with Crippen LogP contribution in [0.25, 0.3) is 0 Å². The molecule has 0 saturated carbocycles. The molecular weight excluding hydrogens is 489 g/mol. The molecule has 1 aliphatic heterocycles. The molecule has 0 spiro atoms. The predicted molar refractivity (Wildman–Crippen MR) is 141 cm³/mol. The smallest absolute Gasteiger partial charge is 0.325 e. The van der Waals surface area contributed by atoms with Crippen LogP contribution in [0.15, 0.2) is 42.6 Å². The fourth-order valence-corrected chi connectivity index (χ4v) is 4.84. The van der Waals surface area contributed by atoms with E-state index in [0.29, 0.717) is 29.3 Å². The second kappa shape index (κ2) is 10.6. The van der Waals surface area contributed by atoms with Crippen LogP contribution in [-0.2, 0) is 23.1 Å². The summed E-state index contributed by atoms with van der Waals surface area (Å²) in [6.07, 6.45) is 2.28. The van der Waals surface area contributed by atoms with Crippen LogP contribution >= 0.6 is 0 Å². The summed E-state index contributed by atoms with van der Waals surface area (Å²) < 4.78 is 16.1. The van der Waals surface area contributed by atoms with Gasteiger partial charge >= 0.3 is 6.03 Å². The van der Waals surface area contributed by atoms with E-state index < -0.39 is 41.7 Å². The summed E-state index contributed by atoms with van der Waals surface area (Å²) in [5, 5.41) is 7.02. The quantitative estimate of drug-likeness (QED) is 0.460. The number of aryl methyl sites for hydroxylation is 3. The van der Waals surface area contributed by atoms with Crippen LogP contribution in [0.4, 0.5) is 20.8 Å². The fraction of sp³-hybridized carbons (Fsp3) is 0.370. The van der Waals surface area contributed by atoms with Crippen LogP contribution < -0.4 is 16.0 Å². The Hall–Kier alpha value is -4.28. The van der Waals surface area contributed by atoms with Gasteiger partial charge in [-0.1, -0.05) is 24.6 Å². The Kier molecular flexibility index (Phi) is 7.47. The number of imide groups is 1. The minimum absolute atomic E-state index is 0.201. The van der Waals surface area contributed by atoms with Gasteiger partial charge in [0.25, 0.3) is 5.91 Å². The molecule has 0 unspecified atom stereocenters. The van der Waals surface area contributed by atoms with Gasteiger partial charge in [0.2, 0.25) is 5.91 Å². The molecule has 200 valence electrons. The molecule has 1 saturated heterocycles. The number of nitrogens with one attached hydrogen (secondary N) is 1. The predicted octanol–water partition coefficient (Wildman–Crippen LogP) is 3.05. The van der Waals surface area contributed by atoms with Crippen molar-refractivity contribution in [3.8, 4) is 0 Å². The molecule has 38 heavy (non-hydrogen) atoms. The lowest BCUT2D eigenvalue weighted by atomic mass is 9.81. The van der Waals surface area contributed by atoms with Crippen LogP contribution in [0.1, 0.15) is 41.8 Å². The molecule has 3 heterocycles. The lowest BCUT2D eigenvalue weighted by Gasteiger charge is -2.45. The highest BCUT2D eigenvalue weighted by Crippen LogP contribution is 2.33. The van der Waals surface area contributed by atoms with Gasteiger partial charge in [0.15, 0.2) is 5.82 Å². The number of nitrogens with zero attached hydrogens (tertiary/aromatic N) is 5. The maximum absolute atomic E-state index is 14.6. The van der Waals surface area contributed by atoms with Gasteiger partial charge in [-0.15, -0.1) is 0 Å². The first-order valence-corrected chi connectivity index (χ1v) is 12.4. The highest BCUT2D eigenvalue weighted by Gasteiger charge is 2.55. The number of benzene rings is 1. The fourth-order valence-electron chi connectivity index (χ4n) is 4.84. The van der Waals surface area contributed by atoms with Crippen molar-refractivity contribution in [1.82, 2.24) is 25.0 Å². The number of β-lactam (4-membered cyclic amide) rings is 1. The summed E-state index contributed by atoms with van der Waals surface area (Å²) in [4.78, 5) is 46.8. The Morgan fingerprint density at radius 2 is 1.95 bits per heavy atom. The number of hydrogen-bond acceptors (Lipinski definition) is 6. The lowest BCUT2D eigenvalue weighted by molar-refractivity contribution is -0.156. The SMILES string of the molecule is CC[C@@H](NC(=O)N1C(=O)[C@H](Cc2cc(C)nc(N)c2)[C@H]1C(=O)N(C)c1ccn(C)n1)c1cc(C)ccc1F. The number of nitrogen functional groups attached to an aromatic ring is 1. The van der Waals surface area contributed by atoms with E-state index >= 15 is 0 Å². The number of aromatic nitrogens is 3. The number of urea groups is 1. The zero-order valence-electron chi connectivity index (χ0n) is 22.1. The first-order valence-electron chi connectivity index (χ1n) is 12.4. The molecular formula is C27H32FN7O3. The first-order chi connectivity index (χ1) is 18.0. The number of nitrogens with two attached hydrogens (primary N) is 1.